The summed E-state index contributed by atoms with van der Waals surface area (Å²) in [6, 6.07) is 6.14. The third-order valence-corrected chi connectivity index (χ3v) is 7.36. The molecule has 12 nitrogen and oxygen atoms in total. The Morgan fingerprint density at radius 1 is 1.14 bits per heavy atom. The summed E-state index contributed by atoms with van der Waals surface area (Å²) in [5.41, 5.74) is 8.82. The number of carbonyl (C=O) groups is 2. The maximum atomic E-state index is 15.4. The maximum absolute atomic E-state index is 15.4. The van der Waals surface area contributed by atoms with E-state index in [2.05, 4.69) is 19.9 Å². The summed E-state index contributed by atoms with van der Waals surface area (Å²) in [4.78, 5) is 46.3. The summed E-state index contributed by atoms with van der Waals surface area (Å²) >= 11 is 0. The molecule has 0 radical (unpaired) electrons. The fourth-order valence-electron chi connectivity index (χ4n) is 5.50. The van der Waals surface area contributed by atoms with E-state index in [0.717, 1.165) is 5.69 Å². The second-order valence-electron chi connectivity index (χ2n) is 11.5. The zero-order chi connectivity index (χ0) is 29.8. The summed E-state index contributed by atoms with van der Waals surface area (Å²) in [6.07, 6.45) is 3.10. The third kappa shape index (κ3) is 5.06. The van der Waals surface area contributed by atoms with Crippen molar-refractivity contribution in [2.45, 2.75) is 58.8 Å². The lowest BCUT2D eigenvalue weighted by Gasteiger charge is -2.34. The van der Waals surface area contributed by atoms with Gasteiger partial charge >= 0.3 is 12.1 Å². The number of likely N-dealkylation sites (tertiary alicyclic amines) is 1. The molecule has 218 valence electrons. The number of nitrogens with zero attached hydrogens (tertiary/aromatic N) is 7. The number of nitrogens with two attached hydrogens (primary N) is 1. The standard InChI is InChI=1S/C29H31FN8O4/c1-16-7-9-32-27(35-16)41-21-6-5-17(11-19(21)30)23-20-13-37(18-8-10-36(12-18)28(40)42-29(2,3)4)22(39)14-38(20)26-24(23)25(31)33-15-34-26/h5-7,9,11,15,18H,8,10,12-14H2,1-4H3,(H2,31,33,34). The van der Waals surface area contributed by atoms with Crippen molar-refractivity contribution in [1.82, 2.24) is 34.3 Å². The highest BCUT2D eigenvalue weighted by atomic mass is 19.1. The molecule has 0 bridgehead atoms. The summed E-state index contributed by atoms with van der Waals surface area (Å²) in [7, 11) is 0. The van der Waals surface area contributed by atoms with Crippen molar-refractivity contribution in [1.29, 1.82) is 0 Å². The molecule has 1 unspecified atom stereocenters. The Hall–Kier alpha value is -4.81. The quantitative estimate of drug-likeness (QED) is 0.382. The number of anilines is 1. The lowest BCUT2D eigenvalue weighted by molar-refractivity contribution is -0.136. The van der Waals surface area contributed by atoms with Gasteiger partial charge in [0.1, 0.15) is 29.9 Å². The molecule has 1 aromatic carbocycles. The van der Waals surface area contributed by atoms with Crippen LogP contribution in [0.2, 0.25) is 0 Å². The topological polar surface area (TPSA) is 142 Å². The molecular weight excluding hydrogens is 543 g/mol. The number of nitrogen functional groups attached to an aromatic ring is 1. The first-order chi connectivity index (χ1) is 20.0. The van der Waals surface area contributed by atoms with Crippen LogP contribution >= 0.6 is 0 Å². The summed E-state index contributed by atoms with van der Waals surface area (Å²) < 4.78 is 28.4. The molecule has 2 aliphatic heterocycles. The van der Waals surface area contributed by atoms with Gasteiger partial charge in [-0.1, -0.05) is 6.07 Å². The largest absolute Gasteiger partial charge is 0.444 e. The number of amides is 2. The lowest BCUT2D eigenvalue weighted by atomic mass is 10.0. The van der Waals surface area contributed by atoms with Crippen LogP contribution < -0.4 is 10.5 Å². The zero-order valence-corrected chi connectivity index (χ0v) is 23.8. The molecule has 13 heteroatoms. The Kier molecular flexibility index (Phi) is 6.66. The zero-order valence-electron chi connectivity index (χ0n) is 23.8. The van der Waals surface area contributed by atoms with Gasteiger partial charge in [0.2, 0.25) is 5.91 Å². The Morgan fingerprint density at radius 3 is 2.69 bits per heavy atom. The number of hydrogen-bond donors (Lipinski definition) is 1. The van der Waals surface area contributed by atoms with E-state index in [0.29, 0.717) is 47.4 Å². The van der Waals surface area contributed by atoms with E-state index in [4.69, 9.17) is 15.2 Å². The molecule has 3 aromatic heterocycles. The van der Waals surface area contributed by atoms with Crippen molar-refractivity contribution in [3.63, 3.8) is 0 Å². The number of aromatic nitrogens is 5. The number of hydrogen-bond acceptors (Lipinski definition) is 9. The van der Waals surface area contributed by atoms with E-state index >= 15 is 4.39 Å². The predicted molar refractivity (Wildman–Crippen MR) is 151 cm³/mol. The minimum Gasteiger partial charge on any atom is -0.444 e. The summed E-state index contributed by atoms with van der Waals surface area (Å²) in [5.74, 6) is -0.529. The van der Waals surface area contributed by atoms with Crippen molar-refractivity contribution in [2.75, 3.05) is 18.8 Å². The van der Waals surface area contributed by atoms with Crippen LogP contribution in [0.4, 0.5) is 15.0 Å². The number of rotatable bonds is 4. The Bertz CT molecular complexity index is 1720. The van der Waals surface area contributed by atoms with Gasteiger partial charge in [0.05, 0.1) is 18.0 Å². The van der Waals surface area contributed by atoms with Crippen LogP contribution in [-0.2, 0) is 22.6 Å². The van der Waals surface area contributed by atoms with Crippen LogP contribution in [0.15, 0.2) is 36.8 Å². The molecule has 2 amide bonds. The van der Waals surface area contributed by atoms with Gasteiger partial charge < -0.3 is 29.6 Å². The van der Waals surface area contributed by atoms with E-state index in [1.54, 1.807) is 28.9 Å². The van der Waals surface area contributed by atoms with Crippen molar-refractivity contribution in [2.24, 2.45) is 0 Å². The average molecular weight is 575 g/mol. The number of benzene rings is 1. The van der Waals surface area contributed by atoms with Crippen molar-refractivity contribution in [3.8, 4) is 22.9 Å². The SMILES string of the molecule is Cc1ccnc(Oc2ccc(-c3c4n(c5ncnc(N)c35)CC(=O)N(C3CCN(C(=O)OC(C)(C)C)C3)C4)cc2F)n1. The van der Waals surface area contributed by atoms with Gasteiger partial charge in [0.25, 0.3) is 0 Å². The minimum absolute atomic E-state index is 0.0274. The third-order valence-electron chi connectivity index (χ3n) is 7.36. The Labute approximate surface area is 241 Å². The van der Waals surface area contributed by atoms with Crippen molar-refractivity contribution < 1.29 is 23.5 Å². The van der Waals surface area contributed by atoms with Gasteiger partial charge in [-0.3, -0.25) is 4.79 Å². The molecule has 42 heavy (non-hydrogen) atoms. The molecule has 0 aliphatic carbocycles. The Balaban J connectivity index is 1.34. The van der Waals surface area contributed by atoms with Crippen molar-refractivity contribution in [3.05, 3.63) is 54.0 Å². The molecule has 1 saturated heterocycles. The molecule has 0 saturated carbocycles. The van der Waals surface area contributed by atoms with E-state index in [1.165, 1.54) is 24.7 Å². The van der Waals surface area contributed by atoms with Crippen LogP contribution in [0.25, 0.3) is 22.2 Å². The van der Waals surface area contributed by atoms with E-state index in [1.807, 2.05) is 25.3 Å². The van der Waals surface area contributed by atoms with Gasteiger partial charge in [0, 0.05) is 36.2 Å². The lowest BCUT2D eigenvalue weighted by Crippen LogP contribution is -2.47. The van der Waals surface area contributed by atoms with Gasteiger partial charge in [-0.25, -0.2) is 29.1 Å². The van der Waals surface area contributed by atoms with Crippen LogP contribution in [0.1, 0.15) is 38.6 Å². The monoisotopic (exact) mass is 574 g/mol. The van der Waals surface area contributed by atoms with Gasteiger partial charge in [0.15, 0.2) is 11.6 Å². The summed E-state index contributed by atoms with van der Waals surface area (Å²) in [6.45, 7) is 8.34. The summed E-state index contributed by atoms with van der Waals surface area (Å²) in [5, 5.41) is 0.541. The first kappa shape index (κ1) is 27.4. The number of aryl methyl sites for hydroxylation is 1. The highest BCUT2D eigenvalue weighted by molar-refractivity contribution is 6.03. The fourth-order valence-corrected chi connectivity index (χ4v) is 5.50. The molecule has 4 aromatic rings. The van der Waals surface area contributed by atoms with Gasteiger partial charge in [-0.2, -0.15) is 0 Å². The number of ether oxygens (including phenoxy) is 2. The fraction of sp³-hybridized carbons (Fsp3) is 0.379. The smallest absolute Gasteiger partial charge is 0.410 e. The number of halogens is 1. The van der Waals surface area contributed by atoms with Crippen LogP contribution in [0.5, 0.6) is 11.8 Å². The van der Waals surface area contributed by atoms with E-state index in [9.17, 15) is 9.59 Å². The predicted octanol–water partition coefficient (Wildman–Crippen LogP) is 4.06. The second-order valence-corrected chi connectivity index (χ2v) is 11.5. The van der Waals surface area contributed by atoms with Crippen LogP contribution in [0.3, 0.4) is 0 Å². The van der Waals surface area contributed by atoms with Crippen molar-refractivity contribution >= 4 is 28.9 Å². The highest BCUT2D eigenvalue weighted by Gasteiger charge is 2.39. The Morgan fingerprint density at radius 2 is 1.95 bits per heavy atom. The molecule has 1 atom stereocenters. The number of fused-ring (bicyclic) bond motifs is 3. The van der Waals surface area contributed by atoms with Gasteiger partial charge in [-0.15, -0.1) is 0 Å². The second kappa shape index (κ2) is 10.2. The molecule has 1 fully saturated rings. The van der Waals surface area contributed by atoms with E-state index < -0.39 is 17.5 Å². The minimum atomic E-state index is -0.617. The number of carbonyl (C=O) groups excluding carboxylic acids is 2. The first-order valence-corrected chi connectivity index (χ1v) is 13.6. The molecule has 6 rings (SSSR count). The highest BCUT2D eigenvalue weighted by Crippen LogP contribution is 2.41. The molecular formula is C29H31FN8O4. The average Bonchev–Trinajstić information content (AvgIpc) is 3.53. The normalized spacial score (nSPS) is 17.1. The van der Waals surface area contributed by atoms with Crippen LogP contribution in [-0.4, -0.2) is 71.0 Å². The van der Waals surface area contributed by atoms with E-state index in [-0.39, 0.29) is 42.6 Å². The molecule has 2 N–H and O–H groups in total. The molecule has 5 heterocycles. The molecule has 0 spiro atoms. The van der Waals surface area contributed by atoms with Crippen LogP contribution in [0, 0.1) is 12.7 Å². The van der Waals surface area contributed by atoms with Gasteiger partial charge in [-0.05, 0) is 57.9 Å². The first-order valence-electron chi connectivity index (χ1n) is 13.6. The maximum Gasteiger partial charge on any atom is 0.410 e. The molecule has 2 aliphatic rings.